The fourth-order valence-corrected chi connectivity index (χ4v) is 3.67. The van der Waals surface area contributed by atoms with Gasteiger partial charge in [0.2, 0.25) is 5.91 Å². The number of nitrogens with one attached hydrogen (secondary N) is 1. The lowest BCUT2D eigenvalue weighted by Crippen LogP contribution is -2.65. The number of carbonyl (C=O) groups excluding carboxylic acids is 1. The molecule has 0 aromatic heterocycles. The van der Waals surface area contributed by atoms with Gasteiger partial charge in [-0.05, 0) is 66.5 Å². The molecule has 1 aliphatic heterocycles. The van der Waals surface area contributed by atoms with Crippen molar-refractivity contribution >= 4 is 11.6 Å². The van der Waals surface area contributed by atoms with Crippen LogP contribution in [0.15, 0.2) is 18.2 Å². The molecule has 134 valence electrons. The Hall–Kier alpha value is -1.39. The second-order valence-electron chi connectivity index (χ2n) is 8.25. The molecule has 2 rings (SSSR count). The van der Waals surface area contributed by atoms with Gasteiger partial charge in [-0.1, -0.05) is 18.2 Å². The molecule has 0 spiro atoms. The van der Waals surface area contributed by atoms with E-state index in [1.165, 1.54) is 0 Å². The average Bonchev–Trinajstić information content (AvgIpc) is 2.45. The summed E-state index contributed by atoms with van der Waals surface area (Å²) < 4.78 is 6.22. The predicted octanol–water partition coefficient (Wildman–Crippen LogP) is 3.91. The maximum Gasteiger partial charge on any atom is 0.241 e. The van der Waals surface area contributed by atoms with Gasteiger partial charge < -0.3 is 10.1 Å². The average molecular weight is 332 g/mol. The third-order valence-electron chi connectivity index (χ3n) is 5.21. The quantitative estimate of drug-likeness (QED) is 0.912. The minimum atomic E-state index is -0.297. The molecule has 1 amide bonds. The highest BCUT2D eigenvalue weighted by atomic mass is 16.5. The number of morpholine rings is 1. The molecule has 1 aromatic carbocycles. The number of hydrogen-bond acceptors (Lipinski definition) is 3. The summed E-state index contributed by atoms with van der Waals surface area (Å²) in [6.45, 7) is 17.3. The molecule has 24 heavy (non-hydrogen) atoms. The van der Waals surface area contributed by atoms with Crippen LogP contribution in [0, 0.1) is 13.8 Å². The first-order valence-electron chi connectivity index (χ1n) is 8.77. The topological polar surface area (TPSA) is 41.6 Å². The molecule has 0 aliphatic carbocycles. The Bertz CT molecular complexity index is 602. The molecule has 0 bridgehead atoms. The lowest BCUT2D eigenvalue weighted by molar-refractivity contribution is -0.211. The Morgan fingerprint density at radius 2 is 1.79 bits per heavy atom. The summed E-state index contributed by atoms with van der Waals surface area (Å²) in [5.74, 6) is 0.0350. The van der Waals surface area contributed by atoms with Crippen LogP contribution >= 0.6 is 0 Å². The van der Waals surface area contributed by atoms with Gasteiger partial charge in [0.05, 0.1) is 17.2 Å². The van der Waals surface area contributed by atoms with E-state index in [4.69, 9.17) is 4.74 Å². The zero-order chi connectivity index (χ0) is 18.3. The van der Waals surface area contributed by atoms with Gasteiger partial charge in [-0.25, -0.2) is 0 Å². The summed E-state index contributed by atoms with van der Waals surface area (Å²) in [5.41, 5.74) is 2.53. The van der Waals surface area contributed by atoms with Gasteiger partial charge in [0, 0.05) is 18.3 Å². The van der Waals surface area contributed by atoms with Crippen molar-refractivity contribution in [3.63, 3.8) is 0 Å². The minimum Gasteiger partial charge on any atom is -0.367 e. The van der Waals surface area contributed by atoms with Crippen molar-refractivity contribution in [2.75, 3.05) is 11.9 Å². The summed E-state index contributed by atoms with van der Waals surface area (Å²) in [4.78, 5) is 15.1. The lowest BCUT2D eigenvalue weighted by Gasteiger charge is -2.53. The molecule has 1 heterocycles. The van der Waals surface area contributed by atoms with E-state index in [9.17, 15) is 4.79 Å². The number of benzene rings is 1. The Kier molecular flexibility index (Phi) is 5.12. The second-order valence-corrected chi connectivity index (χ2v) is 8.25. The van der Waals surface area contributed by atoms with E-state index < -0.39 is 0 Å². The van der Waals surface area contributed by atoms with Gasteiger partial charge in [0.1, 0.15) is 0 Å². The standard InChI is InChI=1S/C20H32N2O2/c1-13-10-9-11-14(2)17(13)21-18(23)15(3)22-12-19(5,6)24-20(7,8)16(22)4/h9-11,15-16H,12H2,1-8H3,(H,21,23). The largest absolute Gasteiger partial charge is 0.367 e. The molecule has 1 saturated heterocycles. The molecule has 1 N–H and O–H groups in total. The Morgan fingerprint density at radius 1 is 1.25 bits per heavy atom. The summed E-state index contributed by atoms with van der Waals surface area (Å²) >= 11 is 0. The maximum atomic E-state index is 12.9. The van der Waals surface area contributed by atoms with Crippen LogP contribution in [0.1, 0.15) is 52.7 Å². The van der Waals surface area contributed by atoms with Crippen LogP contribution in [-0.2, 0) is 9.53 Å². The molecule has 0 saturated carbocycles. The van der Waals surface area contributed by atoms with Crippen LogP contribution in [0.2, 0.25) is 0 Å². The predicted molar refractivity (Wildman–Crippen MR) is 99.4 cm³/mol. The van der Waals surface area contributed by atoms with Crippen molar-refractivity contribution in [3.8, 4) is 0 Å². The van der Waals surface area contributed by atoms with Crippen molar-refractivity contribution in [1.82, 2.24) is 4.90 Å². The number of aryl methyl sites for hydroxylation is 2. The molecule has 1 aliphatic rings. The van der Waals surface area contributed by atoms with Crippen LogP contribution in [0.3, 0.4) is 0 Å². The smallest absolute Gasteiger partial charge is 0.241 e. The zero-order valence-electron chi connectivity index (χ0n) is 16.4. The van der Waals surface area contributed by atoms with E-state index >= 15 is 0 Å². The van der Waals surface area contributed by atoms with Crippen LogP contribution in [0.25, 0.3) is 0 Å². The number of carbonyl (C=O) groups is 1. The van der Waals surface area contributed by atoms with Crippen LogP contribution in [-0.4, -0.2) is 40.6 Å². The molecular formula is C20H32N2O2. The van der Waals surface area contributed by atoms with Crippen molar-refractivity contribution in [3.05, 3.63) is 29.3 Å². The first-order valence-corrected chi connectivity index (χ1v) is 8.77. The highest BCUT2D eigenvalue weighted by molar-refractivity contribution is 5.95. The van der Waals surface area contributed by atoms with Gasteiger partial charge in [0.15, 0.2) is 0 Å². The maximum absolute atomic E-state index is 12.9. The number of ether oxygens (including phenoxy) is 1. The molecule has 4 nitrogen and oxygen atoms in total. The number of amides is 1. The molecule has 2 atom stereocenters. The van der Waals surface area contributed by atoms with Gasteiger partial charge >= 0.3 is 0 Å². The third-order valence-corrected chi connectivity index (χ3v) is 5.21. The van der Waals surface area contributed by atoms with Gasteiger partial charge in [-0.3, -0.25) is 9.69 Å². The van der Waals surface area contributed by atoms with Gasteiger partial charge in [0.25, 0.3) is 0 Å². The van der Waals surface area contributed by atoms with E-state index in [2.05, 4.69) is 44.8 Å². The number of para-hydroxylation sites is 1. The van der Waals surface area contributed by atoms with Gasteiger partial charge in [-0.15, -0.1) is 0 Å². The van der Waals surface area contributed by atoms with E-state index in [1.807, 2.05) is 39.0 Å². The van der Waals surface area contributed by atoms with E-state index in [0.717, 1.165) is 23.4 Å². The number of rotatable bonds is 3. The second kappa shape index (κ2) is 6.49. The summed E-state index contributed by atoms with van der Waals surface area (Å²) in [6.07, 6.45) is 0. The monoisotopic (exact) mass is 332 g/mol. The van der Waals surface area contributed by atoms with Crippen molar-refractivity contribution in [1.29, 1.82) is 0 Å². The van der Waals surface area contributed by atoms with Gasteiger partial charge in [-0.2, -0.15) is 0 Å². The third kappa shape index (κ3) is 3.81. The molecule has 1 aromatic rings. The van der Waals surface area contributed by atoms with Crippen LogP contribution in [0.5, 0.6) is 0 Å². The SMILES string of the molecule is Cc1cccc(C)c1NC(=O)C(C)N1CC(C)(C)OC(C)(C)C1C. The molecule has 2 unspecified atom stereocenters. The normalized spacial score (nSPS) is 24.4. The Morgan fingerprint density at radius 3 is 2.33 bits per heavy atom. The Labute approximate surface area is 146 Å². The summed E-state index contributed by atoms with van der Waals surface area (Å²) in [7, 11) is 0. The summed E-state index contributed by atoms with van der Waals surface area (Å²) in [6, 6.07) is 6.00. The first kappa shape index (κ1) is 18.9. The number of nitrogens with zero attached hydrogens (tertiary/aromatic N) is 1. The highest BCUT2D eigenvalue weighted by Crippen LogP contribution is 2.34. The number of anilines is 1. The first-order chi connectivity index (χ1) is 10.9. The lowest BCUT2D eigenvalue weighted by atomic mass is 9.90. The zero-order valence-corrected chi connectivity index (χ0v) is 16.4. The fourth-order valence-electron chi connectivity index (χ4n) is 3.67. The molecule has 0 radical (unpaired) electrons. The fraction of sp³-hybridized carbons (Fsp3) is 0.650. The van der Waals surface area contributed by atoms with E-state index in [1.54, 1.807) is 0 Å². The molecule has 1 fully saturated rings. The molecule has 4 heteroatoms. The summed E-state index contributed by atoms with van der Waals surface area (Å²) in [5, 5.41) is 3.13. The van der Waals surface area contributed by atoms with E-state index in [-0.39, 0.29) is 29.2 Å². The Balaban J connectivity index is 2.20. The van der Waals surface area contributed by atoms with Crippen molar-refractivity contribution in [2.45, 2.75) is 78.7 Å². The van der Waals surface area contributed by atoms with Crippen molar-refractivity contribution in [2.24, 2.45) is 0 Å². The van der Waals surface area contributed by atoms with Crippen LogP contribution < -0.4 is 5.32 Å². The van der Waals surface area contributed by atoms with Crippen LogP contribution in [0.4, 0.5) is 5.69 Å². The molecular weight excluding hydrogens is 300 g/mol. The van der Waals surface area contributed by atoms with E-state index in [0.29, 0.717) is 0 Å². The highest BCUT2D eigenvalue weighted by Gasteiger charge is 2.46. The minimum absolute atomic E-state index is 0.0350. The number of hydrogen-bond donors (Lipinski definition) is 1. The van der Waals surface area contributed by atoms with Crippen molar-refractivity contribution < 1.29 is 9.53 Å².